The lowest BCUT2D eigenvalue weighted by atomic mass is 9.99. The van der Waals surface area contributed by atoms with Gasteiger partial charge in [-0.1, -0.05) is 15.9 Å². The second kappa shape index (κ2) is 8.25. The lowest BCUT2D eigenvalue weighted by Gasteiger charge is -2.41. The average molecular weight is 397 g/mol. The number of ether oxygens (including phenoxy) is 5. The first-order valence-corrected chi connectivity index (χ1v) is 7.48. The zero-order valence-corrected chi connectivity index (χ0v) is 14.5. The number of hydrogen-bond acceptors (Lipinski definition) is 9. The number of halogens is 1. The number of rotatable bonds is 4. The van der Waals surface area contributed by atoms with Crippen molar-refractivity contribution in [2.75, 3.05) is 7.11 Å². The second-order valence-corrected chi connectivity index (χ2v) is 5.56. The molecule has 9 nitrogen and oxygen atoms in total. The van der Waals surface area contributed by atoms with Gasteiger partial charge in [0.2, 0.25) is 0 Å². The summed E-state index contributed by atoms with van der Waals surface area (Å²) in [4.78, 5) is 45.8. The zero-order valence-electron chi connectivity index (χ0n) is 12.9. The summed E-state index contributed by atoms with van der Waals surface area (Å²) in [7, 11) is 1.12. The minimum atomic E-state index is -1.36. The molecule has 0 aromatic rings. The highest BCUT2D eigenvalue weighted by molar-refractivity contribution is 9.09. The Morgan fingerprint density at radius 2 is 1.26 bits per heavy atom. The fourth-order valence-electron chi connectivity index (χ4n) is 2.07. The van der Waals surface area contributed by atoms with Crippen LogP contribution in [-0.4, -0.2) is 60.4 Å². The van der Waals surface area contributed by atoms with E-state index < -0.39 is 53.3 Å². The standard InChI is InChI=1S/C13H17BrO9/c1-5(15)20-8-9(21-6(2)16)11(13(18)19-4)23-12(14)10(8)22-7(3)17/h8-12H,1-4H3/t8-,9+,10-,11-,12+/m0/s1. The van der Waals surface area contributed by atoms with E-state index in [4.69, 9.17) is 18.9 Å². The molecule has 0 saturated carbocycles. The van der Waals surface area contributed by atoms with Crippen molar-refractivity contribution < 1.29 is 42.9 Å². The Bertz CT molecular complexity index is 492. The molecule has 0 N–H and O–H groups in total. The van der Waals surface area contributed by atoms with Crippen LogP contribution in [0.2, 0.25) is 0 Å². The Morgan fingerprint density at radius 3 is 1.70 bits per heavy atom. The van der Waals surface area contributed by atoms with Crippen LogP contribution in [0.1, 0.15) is 20.8 Å². The van der Waals surface area contributed by atoms with Crippen molar-refractivity contribution in [1.29, 1.82) is 0 Å². The van der Waals surface area contributed by atoms with Crippen LogP contribution in [0, 0.1) is 0 Å². The summed E-state index contributed by atoms with van der Waals surface area (Å²) in [5.41, 5.74) is 0. The predicted molar refractivity (Wildman–Crippen MR) is 76.3 cm³/mol. The van der Waals surface area contributed by atoms with Crippen molar-refractivity contribution in [3.05, 3.63) is 0 Å². The van der Waals surface area contributed by atoms with Crippen LogP contribution in [0.25, 0.3) is 0 Å². The van der Waals surface area contributed by atoms with Crippen LogP contribution < -0.4 is 0 Å². The lowest BCUT2D eigenvalue weighted by Crippen LogP contribution is -2.61. The van der Waals surface area contributed by atoms with Gasteiger partial charge in [-0.2, -0.15) is 0 Å². The number of carbonyl (C=O) groups excluding carboxylic acids is 4. The van der Waals surface area contributed by atoms with Crippen LogP contribution in [0.15, 0.2) is 0 Å². The van der Waals surface area contributed by atoms with Crippen LogP contribution in [0.3, 0.4) is 0 Å². The summed E-state index contributed by atoms with van der Waals surface area (Å²) in [5, 5.41) is -0.980. The highest BCUT2D eigenvalue weighted by Crippen LogP contribution is 2.31. The third-order valence-electron chi connectivity index (χ3n) is 2.82. The molecule has 0 aromatic heterocycles. The van der Waals surface area contributed by atoms with E-state index in [0.717, 1.165) is 27.9 Å². The molecule has 0 bridgehead atoms. The molecule has 0 unspecified atom stereocenters. The Kier molecular flexibility index (Phi) is 6.95. The molecule has 1 rings (SSSR count). The summed E-state index contributed by atoms with van der Waals surface area (Å²) in [6.45, 7) is 3.39. The van der Waals surface area contributed by atoms with Gasteiger partial charge in [-0.05, 0) is 0 Å². The second-order valence-electron chi connectivity index (χ2n) is 4.65. The molecule has 1 heterocycles. The topological polar surface area (TPSA) is 114 Å². The van der Waals surface area contributed by atoms with Crippen LogP contribution in [0.5, 0.6) is 0 Å². The number of methoxy groups -OCH3 is 1. The smallest absolute Gasteiger partial charge is 0.339 e. The van der Waals surface area contributed by atoms with E-state index in [0.29, 0.717) is 0 Å². The molecule has 0 amide bonds. The maximum atomic E-state index is 11.9. The van der Waals surface area contributed by atoms with Crippen molar-refractivity contribution in [3.63, 3.8) is 0 Å². The van der Waals surface area contributed by atoms with Crippen molar-refractivity contribution in [1.82, 2.24) is 0 Å². The predicted octanol–water partition coefficient (Wildman–Crippen LogP) is 0.0743. The molecule has 23 heavy (non-hydrogen) atoms. The molecule has 130 valence electrons. The number of esters is 4. The van der Waals surface area contributed by atoms with E-state index in [1.54, 1.807) is 0 Å². The van der Waals surface area contributed by atoms with Gasteiger partial charge in [0.1, 0.15) is 0 Å². The van der Waals surface area contributed by atoms with Gasteiger partial charge in [0.15, 0.2) is 29.4 Å². The molecule has 0 aromatic carbocycles. The van der Waals surface area contributed by atoms with E-state index in [-0.39, 0.29) is 0 Å². The molecule has 5 atom stereocenters. The number of hydrogen-bond donors (Lipinski definition) is 0. The third-order valence-corrected chi connectivity index (χ3v) is 3.56. The summed E-state index contributed by atoms with van der Waals surface area (Å²) < 4.78 is 25.2. The molecular formula is C13H17BrO9. The Morgan fingerprint density at radius 1 is 0.826 bits per heavy atom. The van der Waals surface area contributed by atoms with Crippen LogP contribution in [0.4, 0.5) is 0 Å². The summed E-state index contributed by atoms with van der Waals surface area (Å²) >= 11 is 3.11. The van der Waals surface area contributed by atoms with Crippen molar-refractivity contribution in [3.8, 4) is 0 Å². The van der Waals surface area contributed by atoms with Crippen molar-refractivity contribution in [2.45, 2.75) is 50.2 Å². The fraction of sp³-hybridized carbons (Fsp3) is 0.692. The maximum Gasteiger partial charge on any atom is 0.339 e. The Balaban J connectivity index is 3.21. The van der Waals surface area contributed by atoms with Crippen molar-refractivity contribution >= 4 is 39.8 Å². The van der Waals surface area contributed by atoms with Gasteiger partial charge >= 0.3 is 23.9 Å². The summed E-state index contributed by atoms with van der Waals surface area (Å²) in [6, 6.07) is 0. The first-order valence-electron chi connectivity index (χ1n) is 6.56. The largest absolute Gasteiger partial charge is 0.467 e. The van der Waals surface area contributed by atoms with Gasteiger partial charge in [0, 0.05) is 20.8 Å². The molecular weight excluding hydrogens is 380 g/mol. The molecule has 1 aliphatic rings. The summed E-state index contributed by atoms with van der Waals surface area (Å²) in [6.07, 6.45) is -5.06. The molecule has 10 heteroatoms. The fourth-order valence-corrected chi connectivity index (χ4v) is 2.71. The Labute approximate surface area is 140 Å². The van der Waals surface area contributed by atoms with Crippen LogP contribution >= 0.6 is 15.9 Å². The van der Waals surface area contributed by atoms with Gasteiger partial charge in [0.05, 0.1) is 7.11 Å². The molecule has 0 aliphatic carbocycles. The van der Waals surface area contributed by atoms with Gasteiger partial charge in [0.25, 0.3) is 0 Å². The van der Waals surface area contributed by atoms with E-state index >= 15 is 0 Å². The minimum Gasteiger partial charge on any atom is -0.467 e. The van der Waals surface area contributed by atoms with Gasteiger partial charge in [-0.25, -0.2) is 4.79 Å². The van der Waals surface area contributed by atoms with Gasteiger partial charge in [-0.3, -0.25) is 14.4 Å². The third kappa shape index (κ3) is 5.17. The average Bonchev–Trinajstić information content (AvgIpc) is 2.43. The van der Waals surface area contributed by atoms with E-state index in [1.807, 2.05) is 0 Å². The highest BCUT2D eigenvalue weighted by atomic mass is 79.9. The number of carbonyl (C=O) groups is 4. The lowest BCUT2D eigenvalue weighted by molar-refractivity contribution is -0.234. The zero-order chi connectivity index (χ0) is 17.7. The van der Waals surface area contributed by atoms with Gasteiger partial charge in [-0.15, -0.1) is 0 Å². The molecule has 1 aliphatic heterocycles. The van der Waals surface area contributed by atoms with E-state index in [2.05, 4.69) is 20.7 Å². The van der Waals surface area contributed by atoms with Crippen molar-refractivity contribution in [2.24, 2.45) is 0 Å². The number of alkyl halides is 1. The highest BCUT2D eigenvalue weighted by Gasteiger charge is 2.53. The quantitative estimate of drug-likeness (QED) is 0.369. The monoisotopic (exact) mass is 396 g/mol. The molecule has 1 saturated heterocycles. The molecule has 1 fully saturated rings. The maximum absolute atomic E-state index is 11.9. The summed E-state index contributed by atoms with van der Waals surface area (Å²) in [5.74, 6) is -2.95. The first kappa shape index (κ1) is 19.4. The first-order chi connectivity index (χ1) is 10.7. The van der Waals surface area contributed by atoms with Gasteiger partial charge < -0.3 is 23.7 Å². The molecule has 0 radical (unpaired) electrons. The molecule has 0 spiro atoms. The normalized spacial score (nSPS) is 30.0. The minimum absolute atomic E-state index is 0.668. The Hall–Kier alpha value is -1.68. The van der Waals surface area contributed by atoms with E-state index in [1.165, 1.54) is 0 Å². The van der Waals surface area contributed by atoms with Crippen LogP contribution in [-0.2, 0) is 42.9 Å². The SMILES string of the molecule is COC(=O)[C@H]1O[C@@H](Br)[C@@H](OC(C)=O)[C@@H](OC(C)=O)[C@H]1OC(C)=O. The van der Waals surface area contributed by atoms with E-state index in [9.17, 15) is 19.2 Å².